The van der Waals surface area contributed by atoms with Crippen LogP contribution in [0.1, 0.15) is 35.5 Å². The summed E-state index contributed by atoms with van der Waals surface area (Å²) in [6.07, 6.45) is 0. The van der Waals surface area contributed by atoms with Crippen molar-refractivity contribution in [3.05, 3.63) is 33.2 Å². The number of carbonyl (C=O) groups excluding carboxylic acids is 1. The maximum Gasteiger partial charge on any atom is 0.261 e. The van der Waals surface area contributed by atoms with Gasteiger partial charge >= 0.3 is 0 Å². The number of H-pyrrole nitrogens is 1. The summed E-state index contributed by atoms with van der Waals surface area (Å²) in [5.41, 5.74) is 1.33. The number of ether oxygens (including phenoxy) is 1. The molecule has 0 radical (unpaired) electrons. The molecule has 2 unspecified atom stereocenters. The Morgan fingerprint density at radius 3 is 2.91 bits per heavy atom. The highest BCUT2D eigenvalue weighted by Crippen LogP contribution is 2.10. The highest BCUT2D eigenvalue weighted by Gasteiger charge is 2.24. The zero-order valence-corrected chi connectivity index (χ0v) is 13.7. The first-order valence-corrected chi connectivity index (χ1v) is 7.72. The molecule has 1 fully saturated rings. The molecular weight excluding hydrogens is 282 g/mol. The summed E-state index contributed by atoms with van der Waals surface area (Å²) >= 11 is 0. The monoisotopic (exact) mass is 307 g/mol. The Morgan fingerprint density at radius 2 is 2.27 bits per heavy atom. The van der Waals surface area contributed by atoms with Crippen molar-refractivity contribution >= 4 is 5.91 Å². The molecular formula is C16H25N3O3. The van der Waals surface area contributed by atoms with Crippen LogP contribution in [0.5, 0.6) is 0 Å². The van der Waals surface area contributed by atoms with Gasteiger partial charge in [-0.25, -0.2) is 0 Å². The molecule has 2 rings (SSSR count). The van der Waals surface area contributed by atoms with Crippen molar-refractivity contribution in [1.29, 1.82) is 0 Å². The molecule has 6 nitrogen and oxygen atoms in total. The van der Waals surface area contributed by atoms with Crippen LogP contribution in [0.15, 0.2) is 10.9 Å². The summed E-state index contributed by atoms with van der Waals surface area (Å²) in [6, 6.07) is 2.35. The highest BCUT2D eigenvalue weighted by molar-refractivity contribution is 5.95. The van der Waals surface area contributed by atoms with Gasteiger partial charge in [-0.05, 0) is 39.3 Å². The minimum atomic E-state index is -0.331. The number of aryl methyl sites for hydroxylation is 2. The van der Waals surface area contributed by atoms with Crippen LogP contribution in [0.25, 0.3) is 0 Å². The summed E-state index contributed by atoms with van der Waals surface area (Å²) in [5.74, 6) is -0.313. The number of pyridine rings is 1. The number of aromatic amines is 1. The minimum absolute atomic E-state index is 0.202. The molecule has 1 aliphatic rings. The fourth-order valence-corrected chi connectivity index (χ4v) is 2.98. The van der Waals surface area contributed by atoms with E-state index in [1.165, 1.54) is 0 Å². The lowest BCUT2D eigenvalue weighted by atomic mass is 10.1. The molecule has 22 heavy (non-hydrogen) atoms. The molecule has 1 amide bonds. The number of aromatic nitrogens is 1. The van der Waals surface area contributed by atoms with E-state index in [1.807, 2.05) is 6.07 Å². The molecule has 2 heterocycles. The number of carbonyl (C=O) groups is 1. The lowest BCUT2D eigenvalue weighted by Crippen LogP contribution is -2.52. The Balaban J connectivity index is 1.99. The van der Waals surface area contributed by atoms with Crippen LogP contribution >= 0.6 is 0 Å². The largest absolute Gasteiger partial charge is 0.379 e. The standard InChI is InChI=1S/C16H25N3O3/c1-10-7-11(2)18-16(21)14(10)15(20)17-8-12(3)19-5-6-22-9-13(19)4/h7,12-13H,5-6,8-9H2,1-4H3,(H,17,20)(H,18,21). The third-order valence-corrected chi connectivity index (χ3v) is 4.14. The van der Waals surface area contributed by atoms with Gasteiger partial charge in [0.25, 0.3) is 11.5 Å². The van der Waals surface area contributed by atoms with Crippen molar-refractivity contribution in [3.8, 4) is 0 Å². The van der Waals surface area contributed by atoms with Gasteiger partial charge in [-0.1, -0.05) is 0 Å². The summed E-state index contributed by atoms with van der Waals surface area (Å²) in [6.45, 7) is 10.6. The first-order chi connectivity index (χ1) is 10.4. The van der Waals surface area contributed by atoms with Crippen LogP contribution in [-0.4, -0.2) is 54.2 Å². The van der Waals surface area contributed by atoms with Gasteiger partial charge in [0.1, 0.15) is 5.56 Å². The van der Waals surface area contributed by atoms with Crippen molar-refractivity contribution in [2.75, 3.05) is 26.3 Å². The molecule has 0 aliphatic carbocycles. The number of hydrogen-bond donors (Lipinski definition) is 2. The number of amides is 1. The molecule has 0 aromatic carbocycles. The first-order valence-electron chi connectivity index (χ1n) is 7.72. The second kappa shape index (κ2) is 7.07. The Kier molecular flexibility index (Phi) is 5.37. The van der Waals surface area contributed by atoms with E-state index in [1.54, 1.807) is 13.8 Å². The predicted octanol–water partition coefficient (Wildman–Crippen LogP) is 0.831. The van der Waals surface area contributed by atoms with Crippen LogP contribution < -0.4 is 10.9 Å². The van der Waals surface area contributed by atoms with E-state index in [-0.39, 0.29) is 23.1 Å². The minimum Gasteiger partial charge on any atom is -0.379 e. The van der Waals surface area contributed by atoms with Gasteiger partial charge in [-0.2, -0.15) is 0 Å². The second-order valence-corrected chi connectivity index (χ2v) is 6.06. The SMILES string of the molecule is Cc1cc(C)c(C(=O)NCC(C)N2CCOCC2C)c(=O)[nH]1. The number of rotatable bonds is 4. The van der Waals surface area contributed by atoms with Gasteiger partial charge in [-0.15, -0.1) is 0 Å². The van der Waals surface area contributed by atoms with Crippen LogP contribution in [0.4, 0.5) is 0 Å². The molecule has 2 atom stereocenters. The van der Waals surface area contributed by atoms with E-state index in [2.05, 4.69) is 29.0 Å². The fourth-order valence-electron chi connectivity index (χ4n) is 2.98. The van der Waals surface area contributed by atoms with Crippen LogP contribution in [0, 0.1) is 13.8 Å². The zero-order chi connectivity index (χ0) is 16.3. The Hall–Kier alpha value is -1.66. The summed E-state index contributed by atoms with van der Waals surface area (Å²) in [7, 11) is 0. The number of nitrogens with one attached hydrogen (secondary N) is 2. The molecule has 0 spiro atoms. The Morgan fingerprint density at radius 1 is 1.55 bits per heavy atom. The Bertz CT molecular complexity index is 597. The number of hydrogen-bond acceptors (Lipinski definition) is 4. The topological polar surface area (TPSA) is 74.4 Å². The lowest BCUT2D eigenvalue weighted by Gasteiger charge is -2.37. The highest BCUT2D eigenvalue weighted by atomic mass is 16.5. The van der Waals surface area contributed by atoms with Crippen molar-refractivity contribution < 1.29 is 9.53 Å². The lowest BCUT2D eigenvalue weighted by molar-refractivity contribution is -0.0178. The molecule has 1 aromatic heterocycles. The van der Waals surface area contributed by atoms with E-state index < -0.39 is 0 Å². The fraction of sp³-hybridized carbons (Fsp3) is 0.625. The van der Waals surface area contributed by atoms with Crippen LogP contribution in [-0.2, 0) is 4.74 Å². The van der Waals surface area contributed by atoms with E-state index in [0.29, 0.717) is 18.2 Å². The van der Waals surface area contributed by atoms with Crippen LogP contribution in [0.3, 0.4) is 0 Å². The van der Waals surface area contributed by atoms with Gasteiger partial charge in [-0.3, -0.25) is 14.5 Å². The van der Waals surface area contributed by atoms with Gasteiger partial charge in [0.15, 0.2) is 0 Å². The molecule has 0 bridgehead atoms. The van der Waals surface area contributed by atoms with Gasteiger partial charge in [0.2, 0.25) is 0 Å². The van der Waals surface area contributed by atoms with Gasteiger partial charge < -0.3 is 15.0 Å². The third-order valence-electron chi connectivity index (χ3n) is 4.14. The van der Waals surface area contributed by atoms with Crippen molar-refractivity contribution in [3.63, 3.8) is 0 Å². The molecule has 1 aromatic rings. The third kappa shape index (κ3) is 3.75. The quantitative estimate of drug-likeness (QED) is 0.864. The zero-order valence-electron chi connectivity index (χ0n) is 13.7. The summed E-state index contributed by atoms with van der Waals surface area (Å²) < 4.78 is 5.43. The van der Waals surface area contributed by atoms with Gasteiger partial charge in [0.05, 0.1) is 13.2 Å². The average molecular weight is 307 g/mol. The van der Waals surface area contributed by atoms with Crippen molar-refractivity contribution in [2.45, 2.75) is 39.8 Å². The molecule has 0 saturated carbocycles. The molecule has 1 saturated heterocycles. The maximum atomic E-state index is 12.3. The maximum absolute atomic E-state index is 12.3. The molecule has 6 heteroatoms. The molecule has 2 N–H and O–H groups in total. The smallest absolute Gasteiger partial charge is 0.261 e. The first kappa shape index (κ1) is 16.7. The van der Waals surface area contributed by atoms with E-state index in [9.17, 15) is 9.59 Å². The number of morpholine rings is 1. The van der Waals surface area contributed by atoms with Crippen molar-refractivity contribution in [2.24, 2.45) is 0 Å². The normalized spacial score (nSPS) is 20.6. The van der Waals surface area contributed by atoms with Crippen LogP contribution in [0.2, 0.25) is 0 Å². The van der Waals surface area contributed by atoms with E-state index in [0.717, 1.165) is 25.5 Å². The van der Waals surface area contributed by atoms with E-state index >= 15 is 0 Å². The van der Waals surface area contributed by atoms with Crippen molar-refractivity contribution in [1.82, 2.24) is 15.2 Å². The average Bonchev–Trinajstić information content (AvgIpc) is 2.44. The molecule has 122 valence electrons. The molecule has 1 aliphatic heterocycles. The second-order valence-electron chi connectivity index (χ2n) is 6.06. The van der Waals surface area contributed by atoms with Gasteiger partial charge in [0, 0.05) is 30.9 Å². The Labute approximate surface area is 130 Å². The predicted molar refractivity (Wildman–Crippen MR) is 85.3 cm³/mol. The summed E-state index contributed by atoms with van der Waals surface area (Å²) in [4.78, 5) is 29.2. The number of nitrogens with zero attached hydrogens (tertiary/aromatic N) is 1. The summed E-state index contributed by atoms with van der Waals surface area (Å²) in [5, 5.41) is 2.88. The van der Waals surface area contributed by atoms with E-state index in [4.69, 9.17) is 4.74 Å².